The van der Waals surface area contributed by atoms with E-state index in [9.17, 15) is 24.5 Å². The highest BCUT2D eigenvalue weighted by Crippen LogP contribution is 2.32. The molecular formula is C31H23N5O5. The van der Waals surface area contributed by atoms with Crippen molar-refractivity contribution in [2.45, 2.75) is 6.54 Å². The number of nitro benzene ring substituents is 1. The van der Waals surface area contributed by atoms with Crippen molar-refractivity contribution < 1.29 is 19.3 Å². The number of aromatic nitrogens is 2. The lowest BCUT2D eigenvalue weighted by Gasteiger charge is -2.10. The average Bonchev–Trinajstić information content (AvgIpc) is 3.42. The Balaban J connectivity index is 1.63. The number of nitrogens with zero attached hydrogens (tertiary/aromatic N) is 3. The van der Waals surface area contributed by atoms with E-state index in [1.165, 1.54) is 22.9 Å². The van der Waals surface area contributed by atoms with Crippen LogP contribution in [0.2, 0.25) is 0 Å². The zero-order chi connectivity index (χ0) is 28.8. The van der Waals surface area contributed by atoms with Crippen LogP contribution in [-0.2, 0) is 6.54 Å². The first-order valence-corrected chi connectivity index (χ1v) is 12.6. The van der Waals surface area contributed by atoms with Crippen molar-refractivity contribution in [2.75, 3.05) is 0 Å². The molecule has 5 rings (SSSR count). The fourth-order valence-electron chi connectivity index (χ4n) is 4.30. The number of rotatable bonds is 8. The molecule has 202 valence electrons. The molecule has 0 saturated heterocycles. The van der Waals surface area contributed by atoms with Gasteiger partial charge < -0.3 is 5.32 Å². The number of carbonyl (C=O) groups is 3. The topological polar surface area (TPSA) is 136 Å². The number of imide groups is 1. The summed E-state index contributed by atoms with van der Waals surface area (Å²) in [5, 5.41) is 20.8. The van der Waals surface area contributed by atoms with Crippen LogP contribution in [0.3, 0.4) is 0 Å². The zero-order valence-electron chi connectivity index (χ0n) is 21.6. The Morgan fingerprint density at radius 3 is 2.10 bits per heavy atom. The number of nitrogens with one attached hydrogen (secondary N) is 2. The highest BCUT2D eigenvalue weighted by atomic mass is 16.6. The summed E-state index contributed by atoms with van der Waals surface area (Å²) in [6.07, 6.45) is 0. The molecule has 0 spiro atoms. The van der Waals surface area contributed by atoms with Crippen LogP contribution in [0.25, 0.3) is 16.9 Å². The first-order chi connectivity index (χ1) is 19.9. The van der Waals surface area contributed by atoms with E-state index in [0.717, 1.165) is 5.56 Å². The third-order valence-corrected chi connectivity index (χ3v) is 6.22. The zero-order valence-corrected chi connectivity index (χ0v) is 21.6. The highest BCUT2D eigenvalue weighted by molar-refractivity contribution is 6.19. The third-order valence-electron chi connectivity index (χ3n) is 6.22. The van der Waals surface area contributed by atoms with Crippen LogP contribution in [0.1, 0.15) is 32.0 Å². The van der Waals surface area contributed by atoms with Crippen LogP contribution >= 0.6 is 0 Å². The molecule has 41 heavy (non-hydrogen) atoms. The van der Waals surface area contributed by atoms with Gasteiger partial charge in [0, 0.05) is 29.8 Å². The fourth-order valence-corrected chi connectivity index (χ4v) is 4.30. The molecule has 2 N–H and O–H groups in total. The number of non-ortho nitro benzene ring substituents is 1. The lowest BCUT2D eigenvalue weighted by atomic mass is 9.97. The maximum Gasteiger partial charge on any atom is 0.322 e. The lowest BCUT2D eigenvalue weighted by molar-refractivity contribution is -0.384. The van der Waals surface area contributed by atoms with Gasteiger partial charge >= 0.3 is 6.03 Å². The number of urea groups is 1. The molecule has 4 aromatic carbocycles. The largest absolute Gasteiger partial charge is 0.334 e. The van der Waals surface area contributed by atoms with Gasteiger partial charge in [0.25, 0.3) is 11.6 Å². The minimum Gasteiger partial charge on any atom is -0.334 e. The Labute approximate surface area is 234 Å². The summed E-state index contributed by atoms with van der Waals surface area (Å²) in [6.45, 7) is 0.174. The Bertz CT molecular complexity index is 1740. The fraction of sp³-hybridized carbons (Fsp3) is 0.0323. The predicted octanol–water partition coefficient (Wildman–Crippen LogP) is 5.32. The van der Waals surface area contributed by atoms with E-state index >= 15 is 0 Å². The number of hydrogen-bond donors (Lipinski definition) is 2. The quantitative estimate of drug-likeness (QED) is 0.154. The summed E-state index contributed by atoms with van der Waals surface area (Å²) < 4.78 is 1.31. The van der Waals surface area contributed by atoms with E-state index in [0.29, 0.717) is 11.1 Å². The van der Waals surface area contributed by atoms with Crippen LogP contribution in [0.15, 0.2) is 115 Å². The second kappa shape index (κ2) is 11.9. The molecule has 10 heteroatoms. The molecule has 0 saturated carbocycles. The van der Waals surface area contributed by atoms with E-state index in [2.05, 4.69) is 15.7 Å². The summed E-state index contributed by atoms with van der Waals surface area (Å²) in [5.74, 6) is -1.41. The predicted molar refractivity (Wildman–Crippen MR) is 152 cm³/mol. The molecule has 1 aromatic heterocycles. The maximum absolute atomic E-state index is 13.9. The van der Waals surface area contributed by atoms with Crippen molar-refractivity contribution in [3.8, 4) is 16.9 Å². The number of hydrogen-bond acceptors (Lipinski definition) is 6. The van der Waals surface area contributed by atoms with Gasteiger partial charge in [-0.25, -0.2) is 9.48 Å². The molecule has 0 aliphatic heterocycles. The smallest absolute Gasteiger partial charge is 0.322 e. The SMILES string of the molecule is O=C(NCc1ccccc1)NC(=O)c1nn(-c2cccc([N+](=O)[O-])c2)c(-c2ccccc2)c1C(=O)c1ccccc1. The minimum absolute atomic E-state index is 0.0535. The van der Waals surface area contributed by atoms with Gasteiger partial charge in [-0.3, -0.25) is 25.0 Å². The minimum atomic E-state index is -0.906. The van der Waals surface area contributed by atoms with Crippen molar-refractivity contribution in [1.29, 1.82) is 0 Å². The first kappa shape index (κ1) is 26.7. The van der Waals surface area contributed by atoms with E-state index in [1.807, 2.05) is 30.3 Å². The summed E-state index contributed by atoms with van der Waals surface area (Å²) in [4.78, 5) is 51.1. The molecule has 1 heterocycles. The van der Waals surface area contributed by atoms with Crippen molar-refractivity contribution in [1.82, 2.24) is 20.4 Å². The van der Waals surface area contributed by atoms with Crippen molar-refractivity contribution in [3.63, 3.8) is 0 Å². The van der Waals surface area contributed by atoms with Crippen LogP contribution < -0.4 is 10.6 Å². The normalized spacial score (nSPS) is 10.5. The molecule has 0 fully saturated rings. The molecule has 0 bridgehead atoms. The van der Waals surface area contributed by atoms with Crippen molar-refractivity contribution in [2.24, 2.45) is 0 Å². The van der Waals surface area contributed by atoms with Gasteiger partial charge in [0.15, 0.2) is 11.5 Å². The van der Waals surface area contributed by atoms with E-state index in [-0.39, 0.29) is 34.9 Å². The van der Waals surface area contributed by atoms with Gasteiger partial charge in [0.2, 0.25) is 0 Å². The third kappa shape index (κ3) is 5.91. The molecule has 0 unspecified atom stereocenters. The number of nitro groups is 1. The molecule has 10 nitrogen and oxygen atoms in total. The second-order valence-electron chi connectivity index (χ2n) is 8.94. The molecule has 3 amide bonds. The molecule has 0 aliphatic carbocycles. The maximum atomic E-state index is 13.9. The first-order valence-electron chi connectivity index (χ1n) is 12.6. The van der Waals surface area contributed by atoms with E-state index in [1.54, 1.807) is 66.7 Å². The number of amides is 3. The van der Waals surface area contributed by atoms with Crippen LogP contribution in [-0.4, -0.2) is 32.4 Å². The van der Waals surface area contributed by atoms with E-state index < -0.39 is 22.6 Å². The lowest BCUT2D eigenvalue weighted by Crippen LogP contribution is -2.39. The molecule has 0 radical (unpaired) electrons. The van der Waals surface area contributed by atoms with Gasteiger partial charge in [-0.2, -0.15) is 5.10 Å². The van der Waals surface area contributed by atoms with Crippen molar-refractivity contribution >= 4 is 23.4 Å². The van der Waals surface area contributed by atoms with Crippen LogP contribution in [0, 0.1) is 10.1 Å². The molecule has 5 aromatic rings. The van der Waals surface area contributed by atoms with Gasteiger partial charge in [0.05, 0.1) is 21.9 Å². The second-order valence-corrected chi connectivity index (χ2v) is 8.94. The van der Waals surface area contributed by atoms with Gasteiger partial charge in [-0.15, -0.1) is 0 Å². The van der Waals surface area contributed by atoms with Crippen molar-refractivity contribution in [3.05, 3.63) is 148 Å². The Morgan fingerprint density at radius 1 is 0.805 bits per heavy atom. The monoisotopic (exact) mass is 545 g/mol. The molecular weight excluding hydrogens is 522 g/mol. The summed E-state index contributed by atoms with van der Waals surface area (Å²) in [7, 11) is 0. The van der Waals surface area contributed by atoms with E-state index in [4.69, 9.17) is 0 Å². The number of ketones is 1. The summed E-state index contributed by atoms with van der Waals surface area (Å²) in [6, 6.07) is 31.2. The standard InChI is InChI=1S/C31H23N5O5/c37-29(23-15-8-3-9-16-23)26-27(30(38)33-31(39)32-20-21-11-4-1-5-12-21)34-35(28(26)22-13-6-2-7-14-22)24-17-10-18-25(19-24)36(40)41/h1-19H,20H2,(H2,32,33,38,39). The van der Waals surface area contributed by atoms with Gasteiger partial charge in [-0.05, 0) is 11.6 Å². The highest BCUT2D eigenvalue weighted by Gasteiger charge is 2.31. The number of carbonyl (C=O) groups excluding carboxylic acids is 3. The van der Waals surface area contributed by atoms with Crippen LogP contribution in [0.5, 0.6) is 0 Å². The molecule has 0 aliphatic rings. The summed E-state index contributed by atoms with van der Waals surface area (Å²) >= 11 is 0. The number of benzene rings is 4. The Hall–Kier alpha value is -5.90. The average molecular weight is 546 g/mol. The van der Waals surface area contributed by atoms with Gasteiger partial charge in [-0.1, -0.05) is 97.1 Å². The Morgan fingerprint density at radius 2 is 1.44 bits per heavy atom. The van der Waals surface area contributed by atoms with Crippen LogP contribution in [0.4, 0.5) is 10.5 Å². The summed E-state index contributed by atoms with van der Waals surface area (Å²) in [5.41, 5.74) is 1.61. The van der Waals surface area contributed by atoms with Gasteiger partial charge in [0.1, 0.15) is 0 Å². The molecule has 0 atom stereocenters. The Kier molecular flexibility index (Phi) is 7.73.